The van der Waals surface area contributed by atoms with Crippen LogP contribution in [0.25, 0.3) is 10.9 Å². The molecular formula is C14H9F2N3O2. The lowest BCUT2D eigenvalue weighted by atomic mass is 10.2. The van der Waals surface area contributed by atoms with Crippen LogP contribution in [0, 0.1) is 11.6 Å². The maximum atomic E-state index is 13.1. The summed E-state index contributed by atoms with van der Waals surface area (Å²) >= 11 is 0. The molecule has 3 rings (SSSR count). The molecule has 0 spiro atoms. The summed E-state index contributed by atoms with van der Waals surface area (Å²) in [6.07, 6.45) is 0. The molecule has 0 aliphatic heterocycles. The third-order valence-electron chi connectivity index (χ3n) is 2.82. The van der Waals surface area contributed by atoms with E-state index in [0.29, 0.717) is 5.39 Å². The first kappa shape index (κ1) is 13.0. The Kier molecular flexibility index (Phi) is 3.02. The van der Waals surface area contributed by atoms with Crippen molar-refractivity contribution in [1.29, 1.82) is 0 Å². The van der Waals surface area contributed by atoms with E-state index in [1.807, 2.05) is 0 Å². The zero-order chi connectivity index (χ0) is 15.0. The molecule has 3 N–H and O–H groups in total. The molecule has 7 heteroatoms. The summed E-state index contributed by atoms with van der Waals surface area (Å²) in [5, 5.41) is 12.3. The third kappa shape index (κ3) is 2.66. The molecule has 1 heterocycles. The summed E-state index contributed by atoms with van der Waals surface area (Å²) in [4.78, 5) is 18.4. The topological polar surface area (TPSA) is 78.0 Å². The molecule has 0 amide bonds. The maximum Gasteiger partial charge on any atom is 0.260 e. The lowest BCUT2D eigenvalue weighted by molar-refractivity contribution is 0.476. The summed E-state index contributed by atoms with van der Waals surface area (Å²) in [7, 11) is 0. The van der Waals surface area contributed by atoms with Gasteiger partial charge in [-0.15, -0.1) is 0 Å². The number of H-pyrrole nitrogens is 1. The van der Waals surface area contributed by atoms with Gasteiger partial charge in [0.1, 0.15) is 17.4 Å². The average Bonchev–Trinajstić information content (AvgIpc) is 2.36. The van der Waals surface area contributed by atoms with E-state index in [1.54, 1.807) is 0 Å². The van der Waals surface area contributed by atoms with Crippen LogP contribution in [-0.2, 0) is 0 Å². The minimum Gasteiger partial charge on any atom is -0.508 e. The van der Waals surface area contributed by atoms with Crippen molar-refractivity contribution in [3.8, 4) is 5.75 Å². The molecule has 21 heavy (non-hydrogen) atoms. The van der Waals surface area contributed by atoms with Gasteiger partial charge in [-0.1, -0.05) is 0 Å². The van der Waals surface area contributed by atoms with E-state index in [0.717, 1.165) is 18.2 Å². The van der Waals surface area contributed by atoms with Gasteiger partial charge in [0.25, 0.3) is 5.56 Å². The van der Waals surface area contributed by atoms with Gasteiger partial charge in [0, 0.05) is 17.8 Å². The number of anilines is 2. The Morgan fingerprint density at radius 2 is 1.81 bits per heavy atom. The Morgan fingerprint density at radius 3 is 2.52 bits per heavy atom. The number of aromatic hydroxyl groups is 1. The van der Waals surface area contributed by atoms with Crippen LogP contribution in [0.4, 0.5) is 20.4 Å². The molecule has 0 radical (unpaired) electrons. The number of phenolic OH excluding ortho intramolecular Hbond substituents is 1. The van der Waals surface area contributed by atoms with Gasteiger partial charge in [-0.3, -0.25) is 9.78 Å². The molecule has 106 valence electrons. The quantitative estimate of drug-likeness (QED) is 0.677. The number of hydrogen-bond donors (Lipinski definition) is 3. The summed E-state index contributed by atoms with van der Waals surface area (Å²) in [6.45, 7) is 0. The first-order valence-corrected chi connectivity index (χ1v) is 5.97. The summed E-state index contributed by atoms with van der Waals surface area (Å²) in [5.41, 5.74) is -0.0624. The number of aromatic amines is 1. The van der Waals surface area contributed by atoms with Crippen molar-refractivity contribution < 1.29 is 13.9 Å². The van der Waals surface area contributed by atoms with Gasteiger partial charge >= 0.3 is 0 Å². The highest BCUT2D eigenvalue weighted by molar-refractivity contribution is 5.80. The highest BCUT2D eigenvalue weighted by Crippen LogP contribution is 2.19. The van der Waals surface area contributed by atoms with Gasteiger partial charge in [0.15, 0.2) is 0 Å². The first-order valence-electron chi connectivity index (χ1n) is 5.97. The fourth-order valence-corrected chi connectivity index (χ4v) is 1.95. The molecule has 5 nitrogen and oxygen atoms in total. The molecular weight excluding hydrogens is 280 g/mol. The van der Waals surface area contributed by atoms with E-state index in [2.05, 4.69) is 15.3 Å². The third-order valence-corrected chi connectivity index (χ3v) is 2.82. The van der Waals surface area contributed by atoms with Gasteiger partial charge < -0.3 is 10.4 Å². The van der Waals surface area contributed by atoms with Crippen LogP contribution in [-0.4, -0.2) is 15.1 Å². The van der Waals surface area contributed by atoms with Crippen molar-refractivity contribution in [3.63, 3.8) is 0 Å². The SMILES string of the molecule is O=c1[nH]c(Nc2cc(F)cc(F)c2)nc2cc(O)ccc12. The fourth-order valence-electron chi connectivity index (χ4n) is 1.95. The number of halogens is 2. The number of rotatable bonds is 2. The van der Waals surface area contributed by atoms with Crippen LogP contribution in [0.1, 0.15) is 0 Å². The summed E-state index contributed by atoms with van der Waals surface area (Å²) in [5.74, 6) is -1.52. The minimum absolute atomic E-state index is 0.0168. The largest absolute Gasteiger partial charge is 0.508 e. The van der Waals surface area contributed by atoms with Crippen LogP contribution >= 0.6 is 0 Å². The van der Waals surface area contributed by atoms with Crippen molar-refractivity contribution in [3.05, 3.63) is 58.4 Å². The molecule has 0 bridgehead atoms. The number of phenols is 1. The Hall–Kier alpha value is -2.96. The zero-order valence-electron chi connectivity index (χ0n) is 10.5. The van der Waals surface area contributed by atoms with E-state index >= 15 is 0 Å². The summed E-state index contributed by atoms with van der Waals surface area (Å²) < 4.78 is 26.2. The number of hydrogen-bond acceptors (Lipinski definition) is 4. The minimum atomic E-state index is -0.752. The van der Waals surface area contributed by atoms with Crippen molar-refractivity contribution >= 4 is 22.5 Å². The van der Waals surface area contributed by atoms with Crippen LogP contribution in [0.5, 0.6) is 5.75 Å². The van der Waals surface area contributed by atoms with Crippen LogP contribution in [0.15, 0.2) is 41.2 Å². The number of nitrogens with zero attached hydrogens (tertiary/aromatic N) is 1. The van der Waals surface area contributed by atoms with E-state index in [4.69, 9.17) is 0 Å². The van der Waals surface area contributed by atoms with E-state index in [-0.39, 0.29) is 22.9 Å². The highest BCUT2D eigenvalue weighted by Gasteiger charge is 2.06. The molecule has 3 aromatic rings. The first-order chi connectivity index (χ1) is 10.0. The second-order valence-electron chi connectivity index (χ2n) is 4.40. The van der Waals surface area contributed by atoms with E-state index in [1.165, 1.54) is 18.2 Å². The zero-order valence-corrected chi connectivity index (χ0v) is 10.5. The van der Waals surface area contributed by atoms with E-state index < -0.39 is 17.2 Å². The maximum absolute atomic E-state index is 13.1. The number of nitrogens with one attached hydrogen (secondary N) is 2. The number of aromatic nitrogens is 2. The molecule has 0 saturated heterocycles. The van der Waals surface area contributed by atoms with Gasteiger partial charge in [0.2, 0.25) is 5.95 Å². The smallest absolute Gasteiger partial charge is 0.260 e. The fraction of sp³-hybridized carbons (Fsp3) is 0. The van der Waals surface area contributed by atoms with Crippen molar-refractivity contribution in [2.24, 2.45) is 0 Å². The lowest BCUT2D eigenvalue weighted by Gasteiger charge is -2.07. The Bertz CT molecular complexity index is 873. The molecule has 0 aliphatic rings. The molecule has 0 saturated carbocycles. The second kappa shape index (κ2) is 4.86. The van der Waals surface area contributed by atoms with Gasteiger partial charge in [-0.25, -0.2) is 13.8 Å². The predicted molar refractivity (Wildman–Crippen MR) is 73.7 cm³/mol. The predicted octanol–water partition coefficient (Wildman–Crippen LogP) is 2.65. The lowest BCUT2D eigenvalue weighted by Crippen LogP contribution is -2.11. The average molecular weight is 289 g/mol. The van der Waals surface area contributed by atoms with E-state index in [9.17, 15) is 18.7 Å². The Labute approximate surface area is 116 Å². The van der Waals surface area contributed by atoms with Crippen LogP contribution in [0.3, 0.4) is 0 Å². The second-order valence-corrected chi connectivity index (χ2v) is 4.40. The molecule has 2 aromatic carbocycles. The molecule has 1 aromatic heterocycles. The summed E-state index contributed by atoms with van der Waals surface area (Å²) in [6, 6.07) is 6.99. The van der Waals surface area contributed by atoms with Gasteiger partial charge in [-0.2, -0.15) is 0 Å². The standard InChI is InChI=1S/C14H9F2N3O2/c15-7-3-8(16)5-9(4-7)17-14-18-12-6-10(20)1-2-11(12)13(21)19-14/h1-6,20H,(H2,17,18,19,21). The Morgan fingerprint density at radius 1 is 1.10 bits per heavy atom. The molecule has 0 unspecified atom stereocenters. The van der Waals surface area contributed by atoms with Crippen molar-refractivity contribution in [2.45, 2.75) is 0 Å². The molecule has 0 atom stereocenters. The monoisotopic (exact) mass is 289 g/mol. The van der Waals surface area contributed by atoms with Crippen molar-refractivity contribution in [2.75, 3.05) is 5.32 Å². The molecule has 0 aliphatic carbocycles. The van der Waals surface area contributed by atoms with Crippen LogP contribution < -0.4 is 10.9 Å². The number of benzene rings is 2. The Balaban J connectivity index is 2.06. The number of fused-ring (bicyclic) bond motifs is 1. The van der Waals surface area contributed by atoms with Gasteiger partial charge in [-0.05, 0) is 24.3 Å². The van der Waals surface area contributed by atoms with Crippen molar-refractivity contribution in [1.82, 2.24) is 9.97 Å². The van der Waals surface area contributed by atoms with Crippen LogP contribution in [0.2, 0.25) is 0 Å². The molecule has 0 fully saturated rings. The highest BCUT2D eigenvalue weighted by atomic mass is 19.1. The van der Waals surface area contributed by atoms with Gasteiger partial charge in [0.05, 0.1) is 10.9 Å². The normalized spacial score (nSPS) is 10.8.